The van der Waals surface area contributed by atoms with Crippen LogP contribution in [0.2, 0.25) is 0 Å². The third kappa shape index (κ3) is 1.02. The second-order valence-electron chi connectivity index (χ2n) is 4.74. The Morgan fingerprint density at radius 2 is 2.07 bits per heavy atom. The first-order valence-corrected chi connectivity index (χ1v) is 5.45. The first-order chi connectivity index (χ1) is 6.84. The lowest BCUT2D eigenvalue weighted by atomic mass is 9.70. The predicted molar refractivity (Wildman–Crippen MR) is 50.1 cm³/mol. The number of fused-ring (bicyclic) bond motifs is 2. The molecule has 2 aliphatic carbocycles. The summed E-state index contributed by atoms with van der Waals surface area (Å²) in [6.07, 6.45) is 7.71. The van der Waals surface area contributed by atoms with Gasteiger partial charge in [0.05, 0.1) is 0 Å². The molecule has 0 bridgehead atoms. The second kappa shape index (κ2) is 2.89. The van der Waals surface area contributed by atoms with Crippen molar-refractivity contribution in [1.82, 2.24) is 0 Å². The van der Waals surface area contributed by atoms with Crippen molar-refractivity contribution >= 4 is 0 Å². The van der Waals surface area contributed by atoms with E-state index in [-0.39, 0.29) is 5.79 Å². The molecule has 0 aromatic rings. The Labute approximate surface area is 83.7 Å². The molecule has 0 aromatic heterocycles. The molecule has 1 spiro atoms. The molecule has 0 amide bonds. The van der Waals surface area contributed by atoms with Gasteiger partial charge in [-0.05, 0) is 31.1 Å². The first kappa shape index (κ1) is 8.60. The van der Waals surface area contributed by atoms with Crippen LogP contribution in [0.5, 0.6) is 0 Å². The van der Waals surface area contributed by atoms with Gasteiger partial charge in [-0.3, -0.25) is 0 Å². The SMILES string of the molecule is OCC[C@@H]1C[C@@H]2CC3(OC=CO3)[C@@H]2C1. The summed E-state index contributed by atoms with van der Waals surface area (Å²) in [6.45, 7) is 0.317. The molecule has 1 aliphatic heterocycles. The average molecular weight is 196 g/mol. The molecule has 3 rings (SSSR count). The van der Waals surface area contributed by atoms with E-state index in [1.54, 1.807) is 12.5 Å². The van der Waals surface area contributed by atoms with E-state index in [1.807, 2.05) is 0 Å². The zero-order valence-corrected chi connectivity index (χ0v) is 8.19. The Balaban J connectivity index is 1.65. The average Bonchev–Trinajstić information content (AvgIpc) is 2.72. The summed E-state index contributed by atoms with van der Waals surface area (Å²) in [6, 6.07) is 0. The highest BCUT2D eigenvalue weighted by Crippen LogP contribution is 2.59. The molecule has 2 saturated carbocycles. The number of ether oxygens (including phenoxy) is 2. The molecular formula is C11H16O3. The molecule has 0 aromatic carbocycles. The first-order valence-electron chi connectivity index (χ1n) is 5.45. The number of aliphatic hydroxyl groups excluding tert-OH is 1. The summed E-state index contributed by atoms with van der Waals surface area (Å²) in [7, 11) is 0. The van der Waals surface area contributed by atoms with Crippen molar-refractivity contribution in [3.63, 3.8) is 0 Å². The number of aliphatic hydroxyl groups is 1. The van der Waals surface area contributed by atoms with E-state index < -0.39 is 0 Å². The molecule has 0 unspecified atom stereocenters. The molecule has 78 valence electrons. The van der Waals surface area contributed by atoms with Crippen LogP contribution in [0.15, 0.2) is 12.5 Å². The Bertz CT molecular complexity index is 253. The summed E-state index contributed by atoms with van der Waals surface area (Å²) < 4.78 is 11.1. The molecule has 0 radical (unpaired) electrons. The van der Waals surface area contributed by atoms with Gasteiger partial charge in [0.15, 0.2) is 0 Å². The van der Waals surface area contributed by atoms with Gasteiger partial charge < -0.3 is 14.6 Å². The van der Waals surface area contributed by atoms with Crippen molar-refractivity contribution in [3.8, 4) is 0 Å². The predicted octanol–water partition coefficient (Wildman–Crippen LogP) is 1.63. The molecule has 2 fully saturated rings. The normalized spacial score (nSPS) is 41.6. The van der Waals surface area contributed by atoms with Crippen LogP contribution in [0.4, 0.5) is 0 Å². The molecule has 3 heteroatoms. The Morgan fingerprint density at radius 3 is 2.79 bits per heavy atom. The van der Waals surface area contributed by atoms with E-state index in [0.29, 0.717) is 18.4 Å². The third-order valence-corrected chi connectivity index (χ3v) is 4.03. The Hall–Kier alpha value is -0.700. The molecule has 1 heterocycles. The van der Waals surface area contributed by atoms with E-state index in [4.69, 9.17) is 14.6 Å². The summed E-state index contributed by atoms with van der Waals surface area (Å²) >= 11 is 0. The van der Waals surface area contributed by atoms with Crippen LogP contribution < -0.4 is 0 Å². The van der Waals surface area contributed by atoms with Crippen LogP contribution >= 0.6 is 0 Å². The fourth-order valence-corrected chi connectivity index (χ4v) is 3.36. The summed E-state index contributed by atoms with van der Waals surface area (Å²) in [5.74, 6) is 1.72. The van der Waals surface area contributed by atoms with Crippen molar-refractivity contribution < 1.29 is 14.6 Å². The van der Waals surface area contributed by atoms with Gasteiger partial charge in [-0.25, -0.2) is 0 Å². The highest BCUT2D eigenvalue weighted by Gasteiger charge is 2.62. The summed E-state index contributed by atoms with van der Waals surface area (Å²) in [5.41, 5.74) is 0. The van der Waals surface area contributed by atoms with Crippen molar-refractivity contribution in [2.45, 2.75) is 31.5 Å². The zero-order chi connectivity index (χ0) is 9.60. The van der Waals surface area contributed by atoms with Gasteiger partial charge in [0.25, 0.3) is 5.79 Å². The van der Waals surface area contributed by atoms with Crippen molar-refractivity contribution in [2.24, 2.45) is 17.8 Å². The van der Waals surface area contributed by atoms with E-state index in [9.17, 15) is 0 Å². The van der Waals surface area contributed by atoms with Crippen LogP contribution in [0.25, 0.3) is 0 Å². The topological polar surface area (TPSA) is 38.7 Å². The van der Waals surface area contributed by atoms with E-state index in [2.05, 4.69) is 0 Å². The van der Waals surface area contributed by atoms with E-state index in [1.165, 1.54) is 6.42 Å². The highest BCUT2D eigenvalue weighted by molar-refractivity contribution is 5.06. The molecule has 14 heavy (non-hydrogen) atoms. The van der Waals surface area contributed by atoms with Crippen LogP contribution in [0, 0.1) is 17.8 Å². The van der Waals surface area contributed by atoms with Gasteiger partial charge in [-0.1, -0.05) is 0 Å². The lowest BCUT2D eigenvalue weighted by molar-refractivity contribution is -0.256. The van der Waals surface area contributed by atoms with Crippen molar-refractivity contribution in [2.75, 3.05) is 6.61 Å². The maximum atomic E-state index is 8.90. The van der Waals surface area contributed by atoms with Crippen LogP contribution in [0.3, 0.4) is 0 Å². The van der Waals surface area contributed by atoms with Gasteiger partial charge in [0, 0.05) is 18.9 Å². The van der Waals surface area contributed by atoms with E-state index in [0.717, 1.165) is 25.2 Å². The minimum Gasteiger partial charge on any atom is -0.456 e. The van der Waals surface area contributed by atoms with Crippen molar-refractivity contribution in [3.05, 3.63) is 12.5 Å². The maximum absolute atomic E-state index is 8.90. The third-order valence-electron chi connectivity index (χ3n) is 4.03. The molecule has 3 nitrogen and oxygen atoms in total. The summed E-state index contributed by atoms with van der Waals surface area (Å²) in [4.78, 5) is 0. The Morgan fingerprint density at radius 1 is 1.29 bits per heavy atom. The number of rotatable bonds is 2. The standard InChI is InChI=1S/C11H16O3/c12-2-1-8-5-9-7-11(10(9)6-8)13-3-4-14-11/h3-4,8-10,12H,1-2,5-7H2/t8-,9-,10-/m1/s1. The van der Waals surface area contributed by atoms with Gasteiger partial charge in [-0.2, -0.15) is 0 Å². The van der Waals surface area contributed by atoms with E-state index >= 15 is 0 Å². The minimum absolute atomic E-state index is 0.297. The lowest BCUT2D eigenvalue weighted by Gasteiger charge is -2.47. The number of hydrogen-bond acceptors (Lipinski definition) is 3. The van der Waals surface area contributed by atoms with Gasteiger partial charge in [0.1, 0.15) is 12.5 Å². The second-order valence-corrected chi connectivity index (χ2v) is 4.74. The maximum Gasteiger partial charge on any atom is 0.253 e. The summed E-state index contributed by atoms with van der Waals surface area (Å²) in [5, 5.41) is 8.90. The monoisotopic (exact) mass is 196 g/mol. The molecule has 1 N–H and O–H groups in total. The van der Waals surface area contributed by atoms with Crippen LogP contribution in [-0.2, 0) is 9.47 Å². The quantitative estimate of drug-likeness (QED) is 0.729. The largest absolute Gasteiger partial charge is 0.456 e. The molecule has 3 atom stereocenters. The van der Waals surface area contributed by atoms with Crippen molar-refractivity contribution in [1.29, 1.82) is 0 Å². The van der Waals surface area contributed by atoms with Gasteiger partial charge in [0.2, 0.25) is 0 Å². The molecular weight excluding hydrogens is 180 g/mol. The lowest BCUT2D eigenvalue weighted by Crippen LogP contribution is -2.52. The van der Waals surface area contributed by atoms with Crippen LogP contribution in [-0.4, -0.2) is 17.5 Å². The van der Waals surface area contributed by atoms with Gasteiger partial charge >= 0.3 is 0 Å². The van der Waals surface area contributed by atoms with Crippen LogP contribution in [0.1, 0.15) is 25.7 Å². The molecule has 3 aliphatic rings. The smallest absolute Gasteiger partial charge is 0.253 e. The highest BCUT2D eigenvalue weighted by atomic mass is 16.7. The van der Waals surface area contributed by atoms with Gasteiger partial charge in [-0.15, -0.1) is 0 Å². The zero-order valence-electron chi connectivity index (χ0n) is 8.19. The minimum atomic E-state index is -0.297. The molecule has 0 saturated heterocycles. The number of hydrogen-bond donors (Lipinski definition) is 1. The fourth-order valence-electron chi connectivity index (χ4n) is 3.36. The Kier molecular flexibility index (Phi) is 1.78. The fraction of sp³-hybridized carbons (Fsp3) is 0.818.